The number of nitrogens with zero attached hydrogens (tertiary/aromatic N) is 3. The van der Waals surface area contributed by atoms with E-state index in [1.165, 1.54) is 42.8 Å². The van der Waals surface area contributed by atoms with Gasteiger partial charge in [-0.25, -0.2) is 32.2 Å². The molecule has 8 nitrogen and oxygen atoms in total. The molecule has 0 aliphatic heterocycles. The van der Waals surface area contributed by atoms with E-state index in [9.17, 15) is 12.8 Å². The number of rotatable bonds is 12. The van der Waals surface area contributed by atoms with Crippen LogP contribution < -0.4 is 10.1 Å². The number of hydrogen-bond donors (Lipinski definition) is 1. The fraction of sp³-hybridized carbons (Fsp3) is 0.258. The highest BCUT2D eigenvalue weighted by molar-refractivity contribution is 9.10. The van der Waals surface area contributed by atoms with Gasteiger partial charge in [0.2, 0.25) is 0 Å². The fourth-order valence-corrected chi connectivity index (χ4v) is 6.64. The maximum atomic E-state index is 15.3. The van der Waals surface area contributed by atoms with Crippen LogP contribution in [0.2, 0.25) is 0 Å². The molecule has 3 aromatic carbocycles. The number of hydrogen-bond acceptors (Lipinski definition) is 9. The predicted molar refractivity (Wildman–Crippen MR) is 172 cm³/mol. The van der Waals surface area contributed by atoms with Crippen LogP contribution in [0.5, 0.6) is 5.75 Å². The first-order valence-electron chi connectivity index (χ1n) is 13.8. The molecular formula is C31H29BrF2N4O4S2. The zero-order chi connectivity index (χ0) is 31.4. The molecule has 0 fully saturated rings. The second-order valence-corrected chi connectivity index (χ2v) is 14.2. The molecule has 2 unspecified atom stereocenters. The van der Waals surface area contributed by atoms with Gasteiger partial charge >= 0.3 is 0 Å². The van der Waals surface area contributed by atoms with Gasteiger partial charge in [-0.2, -0.15) is 0 Å². The summed E-state index contributed by atoms with van der Waals surface area (Å²) in [4.78, 5) is 13.2. The third-order valence-electron chi connectivity index (χ3n) is 6.91. The first-order valence-corrected chi connectivity index (χ1v) is 17.2. The Morgan fingerprint density at radius 2 is 1.89 bits per heavy atom. The summed E-state index contributed by atoms with van der Waals surface area (Å²) in [5.41, 5.74) is 1.47. The molecule has 0 amide bonds. The van der Waals surface area contributed by atoms with Crippen LogP contribution in [-0.2, 0) is 21.2 Å². The standard InChI is InChI=1S/C31H29BrF2N4O4S2/c1-4-28(42-18(3)44(39,40)5-2)31-38-27(16-43-31)22-13-23-26(14-25(22)34)35-17-36-30(23)37-21-9-10-29(24(32)12-21)41-15-19-7-6-8-20(33)11-19/h6-14,16-18,28H,4-5,15H2,1-3H3,(H,35,36,37). The fourth-order valence-electron chi connectivity index (χ4n) is 4.43. The van der Waals surface area contributed by atoms with Crippen molar-refractivity contribution in [3.05, 3.63) is 93.0 Å². The van der Waals surface area contributed by atoms with E-state index in [0.29, 0.717) is 55.3 Å². The van der Waals surface area contributed by atoms with Gasteiger partial charge in [-0.15, -0.1) is 11.3 Å². The third kappa shape index (κ3) is 7.23. The number of nitrogens with one attached hydrogen (secondary N) is 1. The topological polar surface area (TPSA) is 103 Å². The number of halogens is 3. The van der Waals surface area contributed by atoms with Crippen LogP contribution >= 0.6 is 27.3 Å². The molecule has 5 rings (SSSR count). The number of ether oxygens (including phenoxy) is 2. The number of benzene rings is 3. The van der Waals surface area contributed by atoms with E-state index in [-0.39, 0.29) is 23.7 Å². The maximum absolute atomic E-state index is 15.3. The molecular weight excluding hydrogens is 674 g/mol. The summed E-state index contributed by atoms with van der Waals surface area (Å²) in [6, 6.07) is 14.6. The number of aromatic nitrogens is 3. The van der Waals surface area contributed by atoms with Crippen molar-refractivity contribution in [1.29, 1.82) is 0 Å². The van der Waals surface area contributed by atoms with Gasteiger partial charge in [-0.1, -0.05) is 26.0 Å². The summed E-state index contributed by atoms with van der Waals surface area (Å²) >= 11 is 4.81. The highest BCUT2D eigenvalue weighted by atomic mass is 79.9. The Hall–Kier alpha value is -3.52. The normalized spacial score (nSPS) is 13.1. The largest absolute Gasteiger partial charge is 0.488 e. The van der Waals surface area contributed by atoms with Crippen molar-refractivity contribution in [3.8, 4) is 17.0 Å². The van der Waals surface area contributed by atoms with Crippen LogP contribution in [0.15, 0.2) is 70.8 Å². The Bertz CT molecular complexity index is 1910. The minimum atomic E-state index is -3.39. The molecule has 0 saturated heterocycles. The average Bonchev–Trinajstić information content (AvgIpc) is 3.49. The maximum Gasteiger partial charge on any atom is 0.176 e. The summed E-state index contributed by atoms with van der Waals surface area (Å²) in [6.45, 7) is 5.17. The molecule has 1 N–H and O–H groups in total. The highest BCUT2D eigenvalue weighted by Gasteiger charge is 2.26. The smallest absolute Gasteiger partial charge is 0.176 e. The van der Waals surface area contributed by atoms with Crippen molar-refractivity contribution in [2.24, 2.45) is 0 Å². The molecule has 2 aromatic heterocycles. The molecule has 0 radical (unpaired) electrons. The van der Waals surface area contributed by atoms with Crippen LogP contribution in [-0.4, -0.2) is 34.6 Å². The summed E-state index contributed by atoms with van der Waals surface area (Å²) < 4.78 is 65.7. The zero-order valence-electron chi connectivity index (χ0n) is 24.1. The quantitative estimate of drug-likeness (QED) is 0.138. The lowest BCUT2D eigenvalue weighted by atomic mass is 10.1. The molecule has 0 spiro atoms. The average molecular weight is 704 g/mol. The molecule has 13 heteroatoms. The lowest BCUT2D eigenvalue weighted by Crippen LogP contribution is -2.24. The van der Waals surface area contributed by atoms with E-state index in [1.54, 1.807) is 42.6 Å². The predicted octanol–water partition coefficient (Wildman–Crippen LogP) is 8.37. The van der Waals surface area contributed by atoms with Crippen molar-refractivity contribution in [2.45, 2.75) is 45.3 Å². The summed E-state index contributed by atoms with van der Waals surface area (Å²) in [5.74, 6) is 0.179. The SMILES string of the molecule is CCC(OC(C)S(=O)(=O)CC)c1nc(-c2cc3c(Nc4ccc(OCc5cccc(F)c5)c(Br)c4)ncnc3cc2F)cs1. The van der Waals surface area contributed by atoms with Crippen molar-refractivity contribution < 1.29 is 26.7 Å². The van der Waals surface area contributed by atoms with E-state index < -0.39 is 27.2 Å². The number of thiazole rings is 1. The van der Waals surface area contributed by atoms with Crippen molar-refractivity contribution in [2.75, 3.05) is 11.1 Å². The second kappa shape index (κ2) is 13.6. The lowest BCUT2D eigenvalue weighted by molar-refractivity contribution is 0.0353. The summed E-state index contributed by atoms with van der Waals surface area (Å²) in [6.07, 6.45) is 1.31. The van der Waals surface area contributed by atoms with Gasteiger partial charge in [0.15, 0.2) is 15.3 Å². The van der Waals surface area contributed by atoms with Gasteiger partial charge in [-0.05, 0) is 71.2 Å². The van der Waals surface area contributed by atoms with Gasteiger partial charge in [0.25, 0.3) is 0 Å². The van der Waals surface area contributed by atoms with Crippen molar-refractivity contribution in [1.82, 2.24) is 15.0 Å². The first kappa shape index (κ1) is 31.9. The molecule has 230 valence electrons. The van der Waals surface area contributed by atoms with Crippen LogP contribution in [0.3, 0.4) is 0 Å². The summed E-state index contributed by atoms with van der Waals surface area (Å²) in [5, 5.41) is 6.13. The Balaban J connectivity index is 1.38. The first-order chi connectivity index (χ1) is 21.1. The second-order valence-electron chi connectivity index (χ2n) is 9.88. The Labute approximate surface area is 266 Å². The van der Waals surface area contributed by atoms with Gasteiger partial charge in [-0.3, -0.25) is 0 Å². The van der Waals surface area contributed by atoms with E-state index in [2.05, 4.69) is 36.2 Å². The highest BCUT2D eigenvalue weighted by Crippen LogP contribution is 2.36. The minimum absolute atomic E-state index is 0.0279. The molecule has 0 aliphatic carbocycles. The van der Waals surface area contributed by atoms with Gasteiger partial charge in [0.1, 0.15) is 47.2 Å². The van der Waals surface area contributed by atoms with E-state index in [4.69, 9.17) is 9.47 Å². The number of anilines is 2. The van der Waals surface area contributed by atoms with Crippen LogP contribution in [0.25, 0.3) is 22.2 Å². The van der Waals surface area contributed by atoms with Crippen LogP contribution in [0.1, 0.15) is 43.9 Å². The van der Waals surface area contributed by atoms with Gasteiger partial charge in [0.05, 0.1) is 15.7 Å². The number of fused-ring (bicyclic) bond motifs is 1. The summed E-state index contributed by atoms with van der Waals surface area (Å²) in [7, 11) is -3.39. The molecule has 44 heavy (non-hydrogen) atoms. The molecule has 5 aromatic rings. The lowest BCUT2D eigenvalue weighted by Gasteiger charge is -2.19. The minimum Gasteiger partial charge on any atom is -0.488 e. The molecule has 2 heterocycles. The Kier molecular flexibility index (Phi) is 9.88. The monoisotopic (exact) mass is 702 g/mol. The van der Waals surface area contributed by atoms with Crippen molar-refractivity contribution >= 4 is 59.5 Å². The van der Waals surface area contributed by atoms with Crippen LogP contribution in [0.4, 0.5) is 20.3 Å². The van der Waals surface area contributed by atoms with E-state index in [1.807, 2.05) is 13.0 Å². The van der Waals surface area contributed by atoms with E-state index in [0.717, 1.165) is 0 Å². The van der Waals surface area contributed by atoms with E-state index >= 15 is 4.39 Å². The molecule has 2 atom stereocenters. The molecule has 0 saturated carbocycles. The Morgan fingerprint density at radius 1 is 1.07 bits per heavy atom. The number of sulfone groups is 1. The Morgan fingerprint density at radius 3 is 2.61 bits per heavy atom. The third-order valence-corrected chi connectivity index (χ3v) is 10.4. The van der Waals surface area contributed by atoms with Crippen molar-refractivity contribution in [3.63, 3.8) is 0 Å². The molecule has 0 aliphatic rings. The zero-order valence-corrected chi connectivity index (χ0v) is 27.3. The van der Waals surface area contributed by atoms with Gasteiger partial charge in [0, 0.05) is 33.8 Å². The van der Waals surface area contributed by atoms with Gasteiger partial charge < -0.3 is 14.8 Å². The van der Waals surface area contributed by atoms with Crippen LogP contribution in [0, 0.1) is 11.6 Å². The molecule has 0 bridgehead atoms.